The van der Waals surface area contributed by atoms with Gasteiger partial charge in [-0.3, -0.25) is 9.36 Å². The minimum absolute atomic E-state index is 0.0113. The van der Waals surface area contributed by atoms with Gasteiger partial charge in [-0.15, -0.1) is 0 Å². The Morgan fingerprint density at radius 1 is 1.09 bits per heavy atom. The molecule has 1 aliphatic rings. The van der Waals surface area contributed by atoms with Crippen molar-refractivity contribution < 1.29 is 13.6 Å². The Labute approximate surface area is 199 Å². The summed E-state index contributed by atoms with van der Waals surface area (Å²) in [6.07, 6.45) is 2.36. The number of rotatable bonds is 6. The Kier molecular flexibility index (Phi) is 7.78. The van der Waals surface area contributed by atoms with Crippen LogP contribution in [0.1, 0.15) is 59.8 Å². The first kappa shape index (κ1) is 27.7. The molecule has 2 heterocycles. The van der Waals surface area contributed by atoms with Crippen molar-refractivity contribution in [1.29, 1.82) is 5.26 Å². The molecule has 33 heavy (non-hydrogen) atoms. The fourth-order valence-electron chi connectivity index (χ4n) is 3.20. The SMILES string of the molecule is Cc1cn([C@H]2C[C@H](O[Si](C)(C)C(C)(C)C)[C@@H](CO[Si](C)(C)C(C)(C)C)O2)c(=O)n(C#N)c1=O. The van der Waals surface area contributed by atoms with Crippen LogP contribution in [0.15, 0.2) is 15.8 Å². The maximum atomic E-state index is 12.8. The number of hydrogen-bond acceptors (Lipinski definition) is 6. The molecule has 0 saturated carbocycles. The fraction of sp³-hybridized carbons (Fsp3) is 0.783. The molecule has 0 bridgehead atoms. The zero-order valence-corrected chi connectivity index (χ0v) is 24.1. The van der Waals surface area contributed by atoms with Crippen LogP contribution in [0.4, 0.5) is 0 Å². The van der Waals surface area contributed by atoms with Gasteiger partial charge >= 0.3 is 5.69 Å². The van der Waals surface area contributed by atoms with Gasteiger partial charge in [0.1, 0.15) is 12.3 Å². The lowest BCUT2D eigenvalue weighted by Gasteiger charge is -2.40. The average molecular weight is 496 g/mol. The van der Waals surface area contributed by atoms with Gasteiger partial charge in [0.05, 0.1) is 12.7 Å². The van der Waals surface area contributed by atoms with E-state index in [4.69, 9.17) is 13.6 Å². The van der Waals surface area contributed by atoms with Crippen molar-refractivity contribution in [3.05, 3.63) is 32.6 Å². The smallest absolute Gasteiger partial charge is 0.346 e. The number of ether oxygens (including phenoxy) is 1. The fourth-order valence-corrected chi connectivity index (χ4v) is 5.57. The van der Waals surface area contributed by atoms with Crippen molar-refractivity contribution in [2.75, 3.05) is 6.61 Å². The molecule has 1 fully saturated rings. The van der Waals surface area contributed by atoms with Crippen molar-refractivity contribution in [2.45, 2.75) is 110 Å². The second-order valence-electron chi connectivity index (χ2n) is 12.1. The monoisotopic (exact) mass is 495 g/mol. The summed E-state index contributed by atoms with van der Waals surface area (Å²) in [5.41, 5.74) is -0.999. The van der Waals surface area contributed by atoms with Crippen LogP contribution in [0, 0.1) is 18.4 Å². The second kappa shape index (κ2) is 9.26. The summed E-state index contributed by atoms with van der Waals surface area (Å²) in [5.74, 6) is 0. The number of hydrogen-bond donors (Lipinski definition) is 0. The number of aromatic nitrogens is 2. The van der Waals surface area contributed by atoms with E-state index in [2.05, 4.69) is 67.7 Å². The molecule has 1 aromatic heterocycles. The van der Waals surface area contributed by atoms with E-state index >= 15 is 0 Å². The molecule has 1 aromatic rings. The van der Waals surface area contributed by atoms with Gasteiger partial charge in [-0.05, 0) is 43.2 Å². The van der Waals surface area contributed by atoms with Crippen molar-refractivity contribution in [2.24, 2.45) is 0 Å². The van der Waals surface area contributed by atoms with Crippen LogP contribution in [-0.4, -0.2) is 44.6 Å². The zero-order valence-electron chi connectivity index (χ0n) is 22.1. The largest absolute Gasteiger partial charge is 0.414 e. The van der Waals surface area contributed by atoms with Crippen molar-refractivity contribution in [1.82, 2.24) is 9.13 Å². The van der Waals surface area contributed by atoms with Crippen molar-refractivity contribution in [3.8, 4) is 6.19 Å². The Bertz CT molecular complexity index is 1020. The van der Waals surface area contributed by atoms with Crippen LogP contribution in [0.5, 0.6) is 0 Å². The first-order chi connectivity index (χ1) is 14.8. The van der Waals surface area contributed by atoms with Gasteiger partial charge in [0.2, 0.25) is 0 Å². The topological polar surface area (TPSA) is 95.5 Å². The second-order valence-corrected chi connectivity index (χ2v) is 21.7. The summed E-state index contributed by atoms with van der Waals surface area (Å²) in [5, 5.41) is 9.38. The molecule has 0 amide bonds. The zero-order chi connectivity index (χ0) is 25.6. The number of aryl methyl sites for hydroxylation is 1. The molecular weight excluding hydrogens is 454 g/mol. The van der Waals surface area contributed by atoms with Crippen LogP contribution in [0.2, 0.25) is 36.3 Å². The van der Waals surface area contributed by atoms with E-state index in [1.807, 2.05) is 0 Å². The average Bonchev–Trinajstić information content (AvgIpc) is 3.03. The summed E-state index contributed by atoms with van der Waals surface area (Å²) in [4.78, 5) is 25.0. The highest BCUT2D eigenvalue weighted by molar-refractivity contribution is 6.74. The first-order valence-electron chi connectivity index (χ1n) is 11.5. The van der Waals surface area contributed by atoms with E-state index < -0.39 is 34.1 Å². The van der Waals surface area contributed by atoms with Gasteiger partial charge in [0, 0.05) is 18.2 Å². The van der Waals surface area contributed by atoms with Gasteiger partial charge in [0.25, 0.3) is 5.56 Å². The minimum Gasteiger partial charge on any atom is -0.414 e. The lowest BCUT2D eigenvalue weighted by atomic mass is 10.2. The highest BCUT2D eigenvalue weighted by Gasteiger charge is 2.46. The van der Waals surface area contributed by atoms with Gasteiger partial charge in [-0.2, -0.15) is 9.83 Å². The summed E-state index contributed by atoms with van der Waals surface area (Å²) in [6, 6.07) is 0. The Hall–Kier alpha value is -1.52. The van der Waals surface area contributed by atoms with Crippen molar-refractivity contribution in [3.63, 3.8) is 0 Å². The molecule has 0 unspecified atom stereocenters. The third-order valence-corrected chi connectivity index (χ3v) is 16.5. The maximum Gasteiger partial charge on any atom is 0.346 e. The van der Waals surface area contributed by atoms with Gasteiger partial charge < -0.3 is 13.6 Å². The predicted molar refractivity (Wildman–Crippen MR) is 134 cm³/mol. The normalized spacial score (nSPS) is 22.4. The maximum absolute atomic E-state index is 12.8. The Morgan fingerprint density at radius 2 is 1.64 bits per heavy atom. The molecule has 8 nitrogen and oxygen atoms in total. The molecule has 0 aromatic carbocycles. The predicted octanol–water partition coefficient (Wildman–Crippen LogP) is 4.35. The van der Waals surface area contributed by atoms with Crippen LogP contribution in [0.25, 0.3) is 0 Å². The number of nitriles is 1. The van der Waals surface area contributed by atoms with Crippen molar-refractivity contribution >= 4 is 16.6 Å². The summed E-state index contributed by atoms with van der Waals surface area (Å²) >= 11 is 0. The molecular formula is C23H41N3O5Si2. The van der Waals surface area contributed by atoms with E-state index in [1.54, 1.807) is 13.1 Å². The van der Waals surface area contributed by atoms with Crippen LogP contribution in [-0.2, 0) is 13.6 Å². The Morgan fingerprint density at radius 3 is 2.12 bits per heavy atom. The molecule has 10 heteroatoms. The molecule has 0 spiro atoms. The summed E-state index contributed by atoms with van der Waals surface area (Å²) in [6.45, 7) is 23.9. The lowest BCUT2D eigenvalue weighted by Crippen LogP contribution is -2.48. The molecule has 186 valence electrons. The van der Waals surface area contributed by atoms with E-state index in [0.717, 1.165) is 0 Å². The van der Waals surface area contributed by atoms with E-state index in [-0.39, 0.29) is 22.3 Å². The van der Waals surface area contributed by atoms with E-state index in [0.29, 0.717) is 23.2 Å². The van der Waals surface area contributed by atoms with Gasteiger partial charge in [-0.1, -0.05) is 41.5 Å². The molecule has 2 rings (SSSR count). The molecule has 0 aliphatic carbocycles. The molecule has 1 aliphatic heterocycles. The van der Waals surface area contributed by atoms with Gasteiger partial charge in [-0.25, -0.2) is 4.79 Å². The lowest BCUT2D eigenvalue weighted by molar-refractivity contribution is -0.0415. The van der Waals surface area contributed by atoms with Crippen LogP contribution >= 0.6 is 0 Å². The molecule has 3 atom stereocenters. The summed E-state index contributed by atoms with van der Waals surface area (Å²) < 4.78 is 21.4. The summed E-state index contributed by atoms with van der Waals surface area (Å²) in [7, 11) is -4.15. The first-order valence-corrected chi connectivity index (χ1v) is 17.4. The third-order valence-electron chi connectivity index (χ3n) is 7.54. The molecule has 0 N–H and O–H groups in total. The quantitative estimate of drug-likeness (QED) is 0.545. The van der Waals surface area contributed by atoms with Gasteiger partial charge in [0.15, 0.2) is 22.8 Å². The minimum atomic E-state index is -2.12. The molecule has 0 radical (unpaired) electrons. The number of nitrogens with zero attached hydrogens (tertiary/aromatic N) is 3. The molecule has 1 saturated heterocycles. The highest BCUT2D eigenvalue weighted by atomic mass is 28.4. The van der Waals surface area contributed by atoms with E-state index in [1.165, 1.54) is 10.8 Å². The highest BCUT2D eigenvalue weighted by Crippen LogP contribution is 2.42. The van der Waals surface area contributed by atoms with Crippen LogP contribution in [0.3, 0.4) is 0 Å². The van der Waals surface area contributed by atoms with E-state index in [9.17, 15) is 14.9 Å². The third kappa shape index (κ3) is 5.77. The van der Waals surface area contributed by atoms with Crippen LogP contribution < -0.4 is 11.2 Å². The standard InChI is InChI=1S/C23H41N3O5Si2/c1-16-13-25(21(28)26(15-24)20(16)27)19-12-17(31-33(10,11)23(5,6)7)18(30-19)14-29-32(8,9)22(2,3)4/h13,17-19H,12,14H2,1-11H3/t17-,18+,19+/m0/s1. The Balaban J connectivity index is 2.41.